The molecule has 0 saturated heterocycles. The summed E-state index contributed by atoms with van der Waals surface area (Å²) in [5.74, 6) is 0.907. The number of benzene rings is 3. The summed E-state index contributed by atoms with van der Waals surface area (Å²) in [6.07, 6.45) is 1.59. The van der Waals surface area contributed by atoms with E-state index >= 15 is 0 Å². The molecule has 3 aromatic rings. The lowest BCUT2D eigenvalue weighted by Gasteiger charge is -2.13. The van der Waals surface area contributed by atoms with Crippen molar-refractivity contribution in [3.05, 3.63) is 77.4 Å². The Hall–Kier alpha value is -3.78. The summed E-state index contributed by atoms with van der Waals surface area (Å²) in [6.45, 7) is 5.19. The second-order valence-corrected chi connectivity index (χ2v) is 6.56. The average molecular weight is 400 g/mol. The van der Waals surface area contributed by atoms with Gasteiger partial charge in [0.2, 0.25) is 0 Å². The average Bonchev–Trinajstić information content (AvgIpc) is 2.78. The van der Waals surface area contributed by atoms with Crippen LogP contribution >= 0.6 is 0 Å². The van der Waals surface area contributed by atoms with Crippen LogP contribution in [-0.2, 0) is 11.3 Å². The van der Waals surface area contributed by atoms with Crippen molar-refractivity contribution in [2.75, 3.05) is 13.2 Å². The van der Waals surface area contributed by atoms with E-state index in [0.29, 0.717) is 31.1 Å². The summed E-state index contributed by atoms with van der Waals surface area (Å²) >= 11 is 0. The van der Waals surface area contributed by atoms with Crippen LogP contribution in [0.2, 0.25) is 0 Å². The molecule has 0 fully saturated rings. The predicted molar refractivity (Wildman–Crippen MR) is 118 cm³/mol. The molecular weight excluding hydrogens is 376 g/mol. The van der Waals surface area contributed by atoms with Crippen molar-refractivity contribution in [2.45, 2.75) is 20.4 Å². The molecule has 0 aliphatic rings. The van der Waals surface area contributed by atoms with Gasteiger partial charge in [-0.05, 0) is 54.5 Å². The maximum Gasteiger partial charge on any atom is 0.262 e. The fraction of sp³-hybridized carbons (Fsp3) is 0.200. The zero-order valence-electron chi connectivity index (χ0n) is 17.1. The predicted octanol–water partition coefficient (Wildman–Crippen LogP) is 4.86. The molecule has 0 unspecified atom stereocenters. The highest BCUT2D eigenvalue weighted by molar-refractivity contribution is 6.05. The summed E-state index contributed by atoms with van der Waals surface area (Å²) in [5, 5.41) is 14.3. The van der Waals surface area contributed by atoms with Crippen molar-refractivity contribution in [1.29, 1.82) is 5.26 Å². The molecule has 0 aliphatic heterocycles. The SMILES string of the molecule is CCOc1ccc2ccc(OCC)c(/C=C(/C#N)C(=O)NCc3ccccc3)c2c1. The second-order valence-electron chi connectivity index (χ2n) is 6.56. The third kappa shape index (κ3) is 4.98. The molecule has 5 heteroatoms. The fourth-order valence-corrected chi connectivity index (χ4v) is 3.16. The fourth-order valence-electron chi connectivity index (χ4n) is 3.16. The van der Waals surface area contributed by atoms with Gasteiger partial charge in [-0.25, -0.2) is 0 Å². The van der Waals surface area contributed by atoms with E-state index in [-0.39, 0.29) is 5.57 Å². The van der Waals surface area contributed by atoms with Crippen LogP contribution in [0.3, 0.4) is 0 Å². The van der Waals surface area contributed by atoms with Gasteiger partial charge in [0.1, 0.15) is 23.1 Å². The maximum absolute atomic E-state index is 12.7. The number of hydrogen-bond donors (Lipinski definition) is 1. The minimum absolute atomic E-state index is 0.0150. The summed E-state index contributed by atoms with van der Waals surface area (Å²) in [4.78, 5) is 12.7. The highest BCUT2D eigenvalue weighted by atomic mass is 16.5. The zero-order valence-corrected chi connectivity index (χ0v) is 17.1. The Labute approximate surface area is 176 Å². The number of nitrogens with zero attached hydrogens (tertiary/aromatic N) is 1. The second kappa shape index (κ2) is 10.1. The van der Waals surface area contributed by atoms with Gasteiger partial charge in [-0.3, -0.25) is 4.79 Å². The summed E-state index contributed by atoms with van der Waals surface area (Å²) in [7, 11) is 0. The topological polar surface area (TPSA) is 71.3 Å². The number of carbonyl (C=O) groups is 1. The van der Waals surface area contributed by atoms with Gasteiger partial charge in [0, 0.05) is 12.1 Å². The molecule has 0 heterocycles. The van der Waals surface area contributed by atoms with Crippen LogP contribution in [0.1, 0.15) is 25.0 Å². The van der Waals surface area contributed by atoms with E-state index in [1.165, 1.54) is 0 Å². The minimum Gasteiger partial charge on any atom is -0.494 e. The summed E-state index contributed by atoms with van der Waals surface area (Å²) < 4.78 is 11.4. The molecule has 0 atom stereocenters. The Balaban J connectivity index is 1.99. The number of nitrogens with one attached hydrogen (secondary N) is 1. The molecule has 152 valence electrons. The van der Waals surface area contributed by atoms with Crippen LogP contribution < -0.4 is 14.8 Å². The smallest absolute Gasteiger partial charge is 0.262 e. The Bertz CT molecular complexity index is 1090. The van der Waals surface area contributed by atoms with Gasteiger partial charge in [-0.1, -0.05) is 42.5 Å². The highest BCUT2D eigenvalue weighted by Crippen LogP contribution is 2.33. The van der Waals surface area contributed by atoms with E-state index in [9.17, 15) is 10.1 Å². The van der Waals surface area contributed by atoms with Gasteiger partial charge in [0.15, 0.2) is 0 Å². The number of ether oxygens (including phenoxy) is 2. The zero-order chi connectivity index (χ0) is 21.3. The van der Waals surface area contributed by atoms with Crippen molar-refractivity contribution in [1.82, 2.24) is 5.32 Å². The standard InChI is InChI=1S/C25H24N2O3/c1-3-29-21-12-10-19-11-13-24(30-4-2)23(22(19)15-21)14-20(16-26)25(28)27-17-18-8-6-5-7-9-18/h5-15H,3-4,17H2,1-2H3,(H,27,28)/b20-14-. The molecule has 5 nitrogen and oxygen atoms in total. The highest BCUT2D eigenvalue weighted by Gasteiger charge is 2.14. The Morgan fingerprint density at radius 3 is 2.47 bits per heavy atom. The normalized spacial score (nSPS) is 11.0. The van der Waals surface area contributed by atoms with Crippen molar-refractivity contribution >= 4 is 22.8 Å². The molecule has 0 radical (unpaired) electrons. The largest absolute Gasteiger partial charge is 0.494 e. The van der Waals surface area contributed by atoms with E-state index in [4.69, 9.17) is 9.47 Å². The number of carbonyl (C=O) groups excluding carboxylic acids is 1. The van der Waals surface area contributed by atoms with Crippen LogP contribution in [0.25, 0.3) is 16.8 Å². The summed E-state index contributed by atoms with van der Waals surface area (Å²) in [5.41, 5.74) is 1.66. The van der Waals surface area contributed by atoms with Gasteiger partial charge >= 0.3 is 0 Å². The van der Waals surface area contributed by atoms with Crippen LogP contribution in [0, 0.1) is 11.3 Å². The number of hydrogen-bond acceptors (Lipinski definition) is 4. The van der Waals surface area contributed by atoms with Crippen LogP contribution in [-0.4, -0.2) is 19.1 Å². The molecule has 3 aromatic carbocycles. The minimum atomic E-state index is -0.429. The molecule has 3 rings (SSSR count). The molecule has 0 bridgehead atoms. The third-order valence-corrected chi connectivity index (χ3v) is 4.56. The van der Waals surface area contributed by atoms with Gasteiger partial charge in [-0.2, -0.15) is 5.26 Å². The quantitative estimate of drug-likeness (QED) is 0.433. The van der Waals surface area contributed by atoms with E-state index in [1.54, 1.807) is 6.08 Å². The van der Waals surface area contributed by atoms with Gasteiger partial charge in [0.25, 0.3) is 5.91 Å². The first-order chi connectivity index (χ1) is 14.7. The Morgan fingerprint density at radius 2 is 1.77 bits per heavy atom. The van der Waals surface area contributed by atoms with Gasteiger partial charge < -0.3 is 14.8 Å². The van der Waals surface area contributed by atoms with Crippen molar-refractivity contribution in [3.8, 4) is 17.6 Å². The molecule has 1 N–H and O–H groups in total. The molecule has 0 spiro atoms. The van der Waals surface area contributed by atoms with Crippen LogP contribution in [0.4, 0.5) is 0 Å². The third-order valence-electron chi connectivity index (χ3n) is 4.56. The lowest BCUT2D eigenvalue weighted by atomic mass is 10.0. The van der Waals surface area contributed by atoms with Crippen LogP contribution in [0.15, 0.2) is 66.2 Å². The number of nitriles is 1. The molecular formula is C25H24N2O3. The first-order valence-corrected chi connectivity index (χ1v) is 9.92. The van der Waals surface area contributed by atoms with Crippen molar-refractivity contribution in [2.24, 2.45) is 0 Å². The number of fused-ring (bicyclic) bond motifs is 1. The number of rotatable bonds is 8. The Morgan fingerprint density at radius 1 is 1.03 bits per heavy atom. The monoisotopic (exact) mass is 400 g/mol. The van der Waals surface area contributed by atoms with E-state index < -0.39 is 5.91 Å². The van der Waals surface area contributed by atoms with E-state index in [0.717, 1.165) is 22.1 Å². The number of amides is 1. The Kier molecular flexibility index (Phi) is 7.07. The van der Waals surface area contributed by atoms with E-state index in [1.807, 2.05) is 80.6 Å². The van der Waals surface area contributed by atoms with Crippen molar-refractivity contribution in [3.63, 3.8) is 0 Å². The summed E-state index contributed by atoms with van der Waals surface area (Å²) in [6, 6.07) is 21.2. The first-order valence-electron chi connectivity index (χ1n) is 9.92. The molecule has 0 aromatic heterocycles. The lowest BCUT2D eigenvalue weighted by Crippen LogP contribution is -2.23. The molecule has 30 heavy (non-hydrogen) atoms. The molecule has 1 amide bonds. The molecule has 0 aliphatic carbocycles. The molecule has 0 saturated carbocycles. The van der Waals surface area contributed by atoms with Crippen molar-refractivity contribution < 1.29 is 14.3 Å². The van der Waals surface area contributed by atoms with Gasteiger partial charge in [0.05, 0.1) is 13.2 Å². The van der Waals surface area contributed by atoms with E-state index in [2.05, 4.69) is 5.32 Å². The lowest BCUT2D eigenvalue weighted by molar-refractivity contribution is -0.117. The van der Waals surface area contributed by atoms with Crippen LogP contribution in [0.5, 0.6) is 11.5 Å². The maximum atomic E-state index is 12.7. The van der Waals surface area contributed by atoms with Gasteiger partial charge in [-0.15, -0.1) is 0 Å². The first kappa shape index (κ1) is 20.9.